The van der Waals surface area contributed by atoms with Crippen molar-refractivity contribution in [3.8, 4) is 0 Å². The van der Waals surface area contributed by atoms with Crippen LogP contribution in [0.15, 0.2) is 35.2 Å². The molecular weight excluding hydrogens is 331 g/mol. The van der Waals surface area contributed by atoms with Gasteiger partial charge in [-0.05, 0) is 12.1 Å². The molecule has 0 spiro atoms. The van der Waals surface area contributed by atoms with Crippen LogP contribution >= 0.6 is 0 Å². The van der Waals surface area contributed by atoms with Crippen molar-refractivity contribution in [2.75, 3.05) is 5.43 Å². The van der Waals surface area contributed by atoms with E-state index in [4.69, 9.17) is 0 Å². The zero-order valence-corrected chi connectivity index (χ0v) is 11.3. The van der Waals surface area contributed by atoms with Gasteiger partial charge in [0.05, 0.1) is 0 Å². The van der Waals surface area contributed by atoms with Gasteiger partial charge in [-0.15, -0.1) is 4.83 Å². The fraction of sp³-hybridized carbons (Fsp3) is 0. The van der Waals surface area contributed by atoms with Crippen LogP contribution in [0.1, 0.15) is 0 Å². The third-order valence-corrected chi connectivity index (χ3v) is 3.83. The third kappa shape index (κ3) is 3.02. The van der Waals surface area contributed by atoms with E-state index in [1.165, 1.54) is 22.4 Å². The van der Waals surface area contributed by atoms with Crippen LogP contribution in [0.4, 0.5) is 27.6 Å². The summed E-state index contributed by atoms with van der Waals surface area (Å²) in [6.07, 6.45) is 0. The third-order valence-electron chi connectivity index (χ3n) is 2.55. The molecule has 4 nitrogen and oxygen atoms in total. The van der Waals surface area contributed by atoms with Gasteiger partial charge in [0, 0.05) is 6.07 Å². The van der Waals surface area contributed by atoms with Crippen molar-refractivity contribution in [2.24, 2.45) is 0 Å². The fourth-order valence-electron chi connectivity index (χ4n) is 1.52. The molecule has 0 unspecified atom stereocenters. The van der Waals surface area contributed by atoms with Crippen molar-refractivity contribution in [3.05, 3.63) is 59.4 Å². The van der Waals surface area contributed by atoms with Crippen LogP contribution < -0.4 is 10.3 Å². The highest BCUT2D eigenvalue weighted by Crippen LogP contribution is 2.24. The van der Waals surface area contributed by atoms with Crippen LogP contribution in [0.5, 0.6) is 0 Å². The van der Waals surface area contributed by atoms with Crippen LogP contribution in [-0.2, 0) is 10.0 Å². The standard InChI is InChI=1S/C12H7F5N2O2S/c13-6-3-1-2-4-9(6)22(20,21)19-18-12-10(16)7(14)5-8(15)11(12)17/h1-5,18-19H. The molecule has 0 amide bonds. The van der Waals surface area contributed by atoms with E-state index in [9.17, 15) is 30.4 Å². The Morgan fingerprint density at radius 3 is 1.91 bits per heavy atom. The zero-order valence-electron chi connectivity index (χ0n) is 10.5. The molecule has 2 rings (SSSR count). The first-order valence-electron chi connectivity index (χ1n) is 5.59. The number of rotatable bonds is 4. The van der Waals surface area contributed by atoms with E-state index in [0.717, 1.165) is 12.1 Å². The Balaban J connectivity index is 2.33. The molecular formula is C12H7F5N2O2S. The lowest BCUT2D eigenvalue weighted by Crippen LogP contribution is -2.31. The van der Waals surface area contributed by atoms with Gasteiger partial charge < -0.3 is 5.43 Å². The van der Waals surface area contributed by atoms with E-state index >= 15 is 0 Å². The average molecular weight is 338 g/mol. The topological polar surface area (TPSA) is 58.2 Å². The summed E-state index contributed by atoms with van der Waals surface area (Å²) in [5.41, 5.74) is 0.103. The highest BCUT2D eigenvalue weighted by Gasteiger charge is 2.23. The van der Waals surface area contributed by atoms with Crippen molar-refractivity contribution in [2.45, 2.75) is 4.90 Å². The van der Waals surface area contributed by atoms with E-state index in [2.05, 4.69) is 0 Å². The Labute approximate surface area is 121 Å². The molecule has 0 saturated carbocycles. The van der Waals surface area contributed by atoms with Crippen molar-refractivity contribution < 1.29 is 30.4 Å². The number of hydrogen-bond donors (Lipinski definition) is 2. The molecule has 0 saturated heterocycles. The largest absolute Gasteiger partial charge is 0.302 e. The van der Waals surface area contributed by atoms with Crippen molar-refractivity contribution in [1.82, 2.24) is 4.83 Å². The van der Waals surface area contributed by atoms with Crippen molar-refractivity contribution >= 4 is 15.7 Å². The van der Waals surface area contributed by atoms with Gasteiger partial charge in [-0.2, -0.15) is 0 Å². The van der Waals surface area contributed by atoms with Crippen LogP contribution in [-0.4, -0.2) is 8.42 Å². The maximum atomic E-state index is 13.4. The smallest absolute Gasteiger partial charge is 0.260 e. The predicted molar refractivity (Wildman–Crippen MR) is 66.6 cm³/mol. The number of nitrogens with one attached hydrogen (secondary N) is 2. The van der Waals surface area contributed by atoms with Gasteiger partial charge >= 0.3 is 0 Å². The van der Waals surface area contributed by atoms with Gasteiger partial charge in [-0.25, -0.2) is 30.4 Å². The summed E-state index contributed by atoms with van der Waals surface area (Å²) < 4.78 is 89.6. The molecule has 0 radical (unpaired) electrons. The summed E-state index contributed by atoms with van der Waals surface area (Å²) in [5.74, 6) is -8.26. The van der Waals surface area contributed by atoms with Crippen LogP contribution in [0, 0.1) is 29.1 Å². The molecule has 0 heterocycles. The summed E-state index contributed by atoms with van der Waals surface area (Å²) in [4.78, 5) is 0.618. The molecule has 0 aliphatic carbocycles. The van der Waals surface area contributed by atoms with Gasteiger partial charge in [0.2, 0.25) is 0 Å². The summed E-state index contributed by atoms with van der Waals surface area (Å²) in [6, 6.07) is 4.13. The Hall–Kier alpha value is -2.20. The maximum Gasteiger partial charge on any atom is 0.260 e. The lowest BCUT2D eigenvalue weighted by Gasteiger charge is -2.12. The Morgan fingerprint density at radius 1 is 0.818 bits per heavy atom. The average Bonchev–Trinajstić information content (AvgIpc) is 2.45. The molecule has 0 fully saturated rings. The molecule has 22 heavy (non-hydrogen) atoms. The van der Waals surface area contributed by atoms with Crippen LogP contribution in [0.3, 0.4) is 0 Å². The highest BCUT2D eigenvalue weighted by atomic mass is 32.2. The van der Waals surface area contributed by atoms with Gasteiger partial charge in [0.25, 0.3) is 10.0 Å². The zero-order chi connectivity index (χ0) is 16.5. The molecule has 118 valence electrons. The molecule has 10 heteroatoms. The first-order valence-corrected chi connectivity index (χ1v) is 7.07. The fourth-order valence-corrected chi connectivity index (χ4v) is 2.45. The molecule has 0 aliphatic rings. The summed E-state index contributed by atoms with van der Waals surface area (Å²) in [7, 11) is -4.56. The Bertz CT molecular complexity index is 800. The van der Waals surface area contributed by atoms with E-state index in [-0.39, 0.29) is 6.07 Å². The molecule has 2 aromatic rings. The lowest BCUT2D eigenvalue weighted by molar-refractivity contribution is 0.457. The Morgan fingerprint density at radius 2 is 1.36 bits per heavy atom. The van der Waals surface area contributed by atoms with Gasteiger partial charge in [-0.3, -0.25) is 0 Å². The monoisotopic (exact) mass is 338 g/mol. The minimum Gasteiger partial charge on any atom is -0.302 e. The number of anilines is 1. The van der Waals surface area contributed by atoms with E-state index < -0.39 is 49.7 Å². The summed E-state index contributed by atoms with van der Waals surface area (Å²) in [5, 5.41) is 0. The molecule has 0 aromatic heterocycles. The molecule has 0 atom stereocenters. The summed E-state index contributed by atoms with van der Waals surface area (Å²) >= 11 is 0. The molecule has 0 bridgehead atoms. The Kier molecular flexibility index (Phi) is 4.33. The SMILES string of the molecule is O=S(=O)(NNc1c(F)c(F)cc(F)c1F)c1ccccc1F. The first kappa shape index (κ1) is 16.2. The number of hydrogen-bond acceptors (Lipinski definition) is 3. The van der Waals surface area contributed by atoms with Crippen molar-refractivity contribution in [1.29, 1.82) is 0 Å². The molecule has 2 aromatic carbocycles. The minimum absolute atomic E-state index is 0.0405. The number of sulfonamides is 1. The highest BCUT2D eigenvalue weighted by molar-refractivity contribution is 7.89. The first-order chi connectivity index (χ1) is 10.2. The van der Waals surface area contributed by atoms with Gasteiger partial charge in [0.15, 0.2) is 23.3 Å². The van der Waals surface area contributed by atoms with Gasteiger partial charge in [0.1, 0.15) is 16.4 Å². The van der Waals surface area contributed by atoms with Crippen LogP contribution in [0.25, 0.3) is 0 Å². The van der Waals surface area contributed by atoms with Crippen LogP contribution in [0.2, 0.25) is 0 Å². The normalized spacial score (nSPS) is 11.5. The second-order valence-electron chi connectivity index (χ2n) is 4.00. The summed E-state index contributed by atoms with van der Waals surface area (Å²) in [6.45, 7) is 0. The maximum absolute atomic E-state index is 13.4. The second kappa shape index (κ2) is 5.89. The van der Waals surface area contributed by atoms with Crippen molar-refractivity contribution in [3.63, 3.8) is 0 Å². The van der Waals surface area contributed by atoms with E-state index in [1.807, 2.05) is 0 Å². The molecule has 0 aliphatic heterocycles. The lowest BCUT2D eigenvalue weighted by atomic mass is 10.2. The van der Waals surface area contributed by atoms with Gasteiger partial charge in [-0.1, -0.05) is 12.1 Å². The molecule has 2 N–H and O–H groups in total. The predicted octanol–water partition coefficient (Wildman–Crippen LogP) is 2.69. The van der Waals surface area contributed by atoms with E-state index in [1.54, 1.807) is 0 Å². The number of benzene rings is 2. The second-order valence-corrected chi connectivity index (χ2v) is 5.65. The van der Waals surface area contributed by atoms with E-state index in [0.29, 0.717) is 0 Å². The minimum atomic E-state index is -4.56. The number of hydrazine groups is 1. The number of halogens is 5. The quantitative estimate of drug-likeness (QED) is 0.512.